The second kappa shape index (κ2) is 9.26. The fourth-order valence-corrected chi connectivity index (χ4v) is 6.03. The lowest BCUT2D eigenvalue weighted by Gasteiger charge is -2.06. The van der Waals surface area contributed by atoms with Crippen molar-refractivity contribution in [1.29, 1.82) is 0 Å². The fourth-order valence-electron chi connectivity index (χ4n) is 6.03. The van der Waals surface area contributed by atoms with Crippen LogP contribution in [0.25, 0.3) is 43.6 Å². The number of benzene rings is 4. The van der Waals surface area contributed by atoms with Gasteiger partial charge in [0.25, 0.3) is 0 Å². The van der Waals surface area contributed by atoms with E-state index in [1.807, 2.05) is 0 Å². The highest BCUT2D eigenvalue weighted by atomic mass is 15.0. The molecule has 2 aromatic heterocycles. The molecular weight excluding hydrogens is 424 g/mol. The number of aromatic nitrogens is 2. The second-order valence-corrected chi connectivity index (χ2v) is 9.79. The van der Waals surface area contributed by atoms with Gasteiger partial charge in [-0.2, -0.15) is 0 Å². The molecule has 2 heterocycles. The monoisotopic (exact) mass is 458 g/mol. The zero-order valence-corrected chi connectivity index (χ0v) is 20.9. The normalized spacial score (nSPS) is 11.9. The van der Waals surface area contributed by atoms with Gasteiger partial charge in [0.05, 0.1) is 0 Å². The minimum absolute atomic E-state index is 1.01. The van der Waals surface area contributed by atoms with E-state index < -0.39 is 0 Å². The highest BCUT2D eigenvalue weighted by Gasteiger charge is 2.11. The topological polar surface area (TPSA) is 9.86 Å². The summed E-state index contributed by atoms with van der Waals surface area (Å²) in [6, 6.07) is 31.8. The Balaban J connectivity index is 1.13. The second-order valence-electron chi connectivity index (χ2n) is 9.79. The molecule has 35 heavy (non-hydrogen) atoms. The van der Waals surface area contributed by atoms with Crippen LogP contribution in [0.4, 0.5) is 0 Å². The smallest absolute Gasteiger partial charge is 0.0491 e. The third kappa shape index (κ3) is 3.82. The molecule has 2 heteroatoms. The first-order valence-corrected chi connectivity index (χ1v) is 13.3. The van der Waals surface area contributed by atoms with Gasteiger partial charge in [0.1, 0.15) is 0 Å². The summed E-state index contributed by atoms with van der Waals surface area (Å²) in [5.41, 5.74) is 8.34. The first-order valence-electron chi connectivity index (χ1n) is 13.3. The molecule has 0 saturated carbocycles. The van der Waals surface area contributed by atoms with Crippen molar-refractivity contribution < 1.29 is 0 Å². The van der Waals surface area contributed by atoms with Crippen LogP contribution in [-0.2, 0) is 25.9 Å². The first-order chi connectivity index (χ1) is 17.3. The van der Waals surface area contributed by atoms with E-state index in [-0.39, 0.29) is 0 Å². The Kier molecular flexibility index (Phi) is 5.82. The Labute approximate surface area is 207 Å². The van der Waals surface area contributed by atoms with Crippen LogP contribution in [0.3, 0.4) is 0 Å². The van der Waals surface area contributed by atoms with Gasteiger partial charge in [0, 0.05) is 56.7 Å². The number of rotatable bonds is 8. The number of fused-ring (bicyclic) bond motifs is 6. The highest BCUT2D eigenvalue weighted by molar-refractivity contribution is 6.09. The van der Waals surface area contributed by atoms with E-state index in [9.17, 15) is 0 Å². The van der Waals surface area contributed by atoms with Gasteiger partial charge in [-0.15, -0.1) is 0 Å². The lowest BCUT2D eigenvalue weighted by Crippen LogP contribution is -1.93. The summed E-state index contributed by atoms with van der Waals surface area (Å²) in [5, 5.41) is 5.57. The Bertz CT molecular complexity index is 1520. The lowest BCUT2D eigenvalue weighted by atomic mass is 10.0. The van der Waals surface area contributed by atoms with Gasteiger partial charge in [0.2, 0.25) is 0 Å². The quantitative estimate of drug-likeness (QED) is 0.202. The summed E-state index contributed by atoms with van der Waals surface area (Å²) in [6.07, 6.45) is 6.07. The zero-order chi connectivity index (χ0) is 23.8. The maximum Gasteiger partial charge on any atom is 0.0491 e. The van der Waals surface area contributed by atoms with Gasteiger partial charge in [0.15, 0.2) is 0 Å². The Hall–Kier alpha value is -3.52. The molecule has 0 spiro atoms. The van der Waals surface area contributed by atoms with Crippen molar-refractivity contribution in [3.05, 3.63) is 96.1 Å². The van der Waals surface area contributed by atoms with E-state index in [2.05, 4.69) is 108 Å². The van der Waals surface area contributed by atoms with Crippen LogP contribution in [0.15, 0.2) is 84.9 Å². The number of para-hydroxylation sites is 2. The molecule has 0 aliphatic carbocycles. The van der Waals surface area contributed by atoms with Crippen molar-refractivity contribution in [3.8, 4) is 0 Å². The molecule has 4 aromatic carbocycles. The molecule has 0 amide bonds. The first kappa shape index (κ1) is 22.0. The van der Waals surface area contributed by atoms with Gasteiger partial charge in [-0.3, -0.25) is 0 Å². The maximum atomic E-state index is 2.43. The molecule has 6 rings (SSSR count). The third-order valence-electron chi connectivity index (χ3n) is 7.74. The molecular formula is C33H34N2. The SMILES string of the molecule is CCn1c2ccccc2c2cc(CCCCCc3ccc4c(c3)c3ccccc3n4CC)ccc21. The summed E-state index contributed by atoms with van der Waals surface area (Å²) in [6.45, 7) is 6.49. The predicted molar refractivity (Wildman–Crippen MR) is 151 cm³/mol. The molecule has 0 aliphatic heterocycles. The summed E-state index contributed by atoms with van der Waals surface area (Å²) in [5.74, 6) is 0. The summed E-state index contributed by atoms with van der Waals surface area (Å²) >= 11 is 0. The Morgan fingerprint density at radius 1 is 0.457 bits per heavy atom. The Morgan fingerprint density at radius 3 is 1.34 bits per heavy atom. The zero-order valence-electron chi connectivity index (χ0n) is 20.9. The summed E-state index contributed by atoms with van der Waals surface area (Å²) in [7, 11) is 0. The molecule has 2 nitrogen and oxygen atoms in total. The molecule has 0 atom stereocenters. The van der Waals surface area contributed by atoms with Crippen LogP contribution in [0.2, 0.25) is 0 Å². The Morgan fingerprint density at radius 2 is 0.886 bits per heavy atom. The molecule has 6 aromatic rings. The number of aryl methyl sites for hydroxylation is 4. The average Bonchev–Trinajstić information content (AvgIpc) is 3.40. The van der Waals surface area contributed by atoms with Gasteiger partial charge in [-0.25, -0.2) is 0 Å². The van der Waals surface area contributed by atoms with Crippen molar-refractivity contribution in [3.63, 3.8) is 0 Å². The molecule has 0 N–H and O–H groups in total. The molecule has 0 radical (unpaired) electrons. The van der Waals surface area contributed by atoms with E-state index in [1.54, 1.807) is 0 Å². The van der Waals surface area contributed by atoms with Crippen molar-refractivity contribution >= 4 is 43.6 Å². The van der Waals surface area contributed by atoms with E-state index in [0.29, 0.717) is 0 Å². The highest BCUT2D eigenvalue weighted by Crippen LogP contribution is 2.31. The standard InChI is InChI=1S/C33H34N2/c1-3-34-30-16-10-8-14-26(30)28-22-24(18-20-32(28)34)12-6-5-7-13-25-19-21-33-29(23-25)27-15-9-11-17-31(27)35(33)4-2/h8-11,14-23H,3-7,12-13H2,1-2H3. The predicted octanol–water partition coefficient (Wildman–Crippen LogP) is 8.90. The number of hydrogen-bond donors (Lipinski definition) is 0. The van der Waals surface area contributed by atoms with Gasteiger partial charge >= 0.3 is 0 Å². The molecule has 0 unspecified atom stereocenters. The van der Waals surface area contributed by atoms with Gasteiger partial charge < -0.3 is 9.13 Å². The van der Waals surface area contributed by atoms with E-state index in [4.69, 9.17) is 0 Å². The van der Waals surface area contributed by atoms with Crippen molar-refractivity contribution in [2.45, 2.75) is 59.0 Å². The van der Waals surface area contributed by atoms with E-state index in [0.717, 1.165) is 25.9 Å². The minimum Gasteiger partial charge on any atom is -0.341 e. The van der Waals surface area contributed by atoms with E-state index in [1.165, 1.54) is 74.0 Å². The van der Waals surface area contributed by atoms with Crippen LogP contribution in [0.1, 0.15) is 44.2 Å². The van der Waals surface area contributed by atoms with Crippen LogP contribution < -0.4 is 0 Å². The number of unbranched alkanes of at least 4 members (excludes halogenated alkanes) is 2. The summed E-state index contributed by atoms with van der Waals surface area (Å²) in [4.78, 5) is 0. The molecule has 0 aliphatic rings. The fraction of sp³-hybridized carbons (Fsp3) is 0.273. The molecule has 0 saturated heterocycles. The van der Waals surface area contributed by atoms with Gasteiger partial charge in [-0.05, 0) is 87.1 Å². The van der Waals surface area contributed by atoms with Crippen molar-refractivity contribution in [2.75, 3.05) is 0 Å². The third-order valence-corrected chi connectivity index (χ3v) is 7.74. The summed E-state index contributed by atoms with van der Waals surface area (Å²) < 4.78 is 4.87. The van der Waals surface area contributed by atoms with Crippen LogP contribution >= 0.6 is 0 Å². The number of nitrogens with zero attached hydrogens (tertiary/aromatic N) is 2. The molecule has 176 valence electrons. The van der Waals surface area contributed by atoms with E-state index >= 15 is 0 Å². The lowest BCUT2D eigenvalue weighted by molar-refractivity contribution is 0.679. The van der Waals surface area contributed by atoms with Crippen LogP contribution in [0.5, 0.6) is 0 Å². The largest absolute Gasteiger partial charge is 0.341 e. The van der Waals surface area contributed by atoms with Gasteiger partial charge in [-0.1, -0.05) is 55.0 Å². The maximum absolute atomic E-state index is 2.43. The van der Waals surface area contributed by atoms with Crippen molar-refractivity contribution in [1.82, 2.24) is 9.13 Å². The minimum atomic E-state index is 1.01. The molecule has 0 bridgehead atoms. The average molecular weight is 459 g/mol. The van der Waals surface area contributed by atoms with Crippen LogP contribution in [-0.4, -0.2) is 9.13 Å². The van der Waals surface area contributed by atoms with Crippen LogP contribution in [0, 0.1) is 0 Å². The molecule has 0 fully saturated rings. The van der Waals surface area contributed by atoms with Crippen molar-refractivity contribution in [2.24, 2.45) is 0 Å². The number of hydrogen-bond acceptors (Lipinski definition) is 0.